The van der Waals surface area contributed by atoms with Crippen LogP contribution in [0.1, 0.15) is 31.2 Å². The molecule has 1 aromatic heterocycles. The Kier molecular flexibility index (Phi) is 7.22. The molecule has 0 spiro atoms. The van der Waals surface area contributed by atoms with Gasteiger partial charge in [-0.1, -0.05) is 13.0 Å². The molecule has 1 aliphatic rings. The Morgan fingerprint density at radius 2 is 2.03 bits per heavy atom. The van der Waals surface area contributed by atoms with Crippen LogP contribution in [0.15, 0.2) is 36.7 Å². The highest BCUT2D eigenvalue weighted by atomic mass is 19.1. The second-order valence-corrected chi connectivity index (χ2v) is 7.81. The number of aliphatic hydroxyl groups is 1. The number of ether oxygens (including phenoxy) is 1. The van der Waals surface area contributed by atoms with Gasteiger partial charge in [0.25, 0.3) is 0 Å². The fourth-order valence-electron chi connectivity index (χ4n) is 3.88. The summed E-state index contributed by atoms with van der Waals surface area (Å²) in [6, 6.07) is 4.20. The fraction of sp³-hybridized carbons (Fsp3) is 0.391. The van der Waals surface area contributed by atoms with Crippen LogP contribution in [-0.4, -0.2) is 35.8 Å². The normalized spacial score (nSPS) is 18.4. The van der Waals surface area contributed by atoms with Gasteiger partial charge in [0.15, 0.2) is 0 Å². The third kappa shape index (κ3) is 5.38. The number of amides is 1. The summed E-state index contributed by atoms with van der Waals surface area (Å²) in [5.74, 6) is -1.10. The van der Waals surface area contributed by atoms with Crippen LogP contribution in [0, 0.1) is 24.5 Å². The molecular weight excluding hydrogens is 404 g/mol. The molecule has 3 N–H and O–H groups in total. The lowest BCUT2D eigenvalue weighted by atomic mass is 9.85. The third-order valence-corrected chi connectivity index (χ3v) is 5.52. The lowest BCUT2D eigenvalue weighted by molar-refractivity contribution is -0.121. The SMILES string of the molecule is C=C(CO)N[C@@H]1CCC[C@H](C(=O)Nc2cc(-c3cc(C)c(F)cc3OC)c(F)cn2)C1. The Labute approximate surface area is 180 Å². The van der Waals surface area contributed by atoms with Gasteiger partial charge < -0.3 is 20.5 Å². The number of carbonyl (C=O) groups is 1. The molecular formula is C23H27F2N3O3. The molecule has 2 aromatic rings. The highest BCUT2D eigenvalue weighted by Gasteiger charge is 2.28. The van der Waals surface area contributed by atoms with Gasteiger partial charge in [-0.15, -0.1) is 0 Å². The number of aromatic nitrogens is 1. The van der Waals surface area contributed by atoms with E-state index in [0.717, 1.165) is 25.5 Å². The lowest BCUT2D eigenvalue weighted by Gasteiger charge is -2.30. The van der Waals surface area contributed by atoms with Gasteiger partial charge in [0, 0.05) is 34.9 Å². The van der Waals surface area contributed by atoms with E-state index in [0.29, 0.717) is 23.2 Å². The second-order valence-electron chi connectivity index (χ2n) is 7.81. The number of halogens is 2. The average molecular weight is 431 g/mol. The maximum absolute atomic E-state index is 14.5. The largest absolute Gasteiger partial charge is 0.496 e. The molecule has 0 aliphatic heterocycles. The number of hydrogen-bond acceptors (Lipinski definition) is 5. The Morgan fingerprint density at radius 3 is 2.74 bits per heavy atom. The second kappa shape index (κ2) is 9.87. The van der Waals surface area contributed by atoms with E-state index in [1.54, 1.807) is 6.92 Å². The summed E-state index contributed by atoms with van der Waals surface area (Å²) in [4.78, 5) is 16.8. The number of pyridine rings is 1. The maximum Gasteiger partial charge on any atom is 0.228 e. The predicted octanol–water partition coefficient (Wildman–Crippen LogP) is 3.94. The van der Waals surface area contributed by atoms with E-state index in [2.05, 4.69) is 22.2 Å². The Balaban J connectivity index is 1.79. The van der Waals surface area contributed by atoms with E-state index < -0.39 is 11.6 Å². The molecule has 2 atom stereocenters. The van der Waals surface area contributed by atoms with E-state index in [9.17, 15) is 13.6 Å². The monoisotopic (exact) mass is 431 g/mol. The fourth-order valence-corrected chi connectivity index (χ4v) is 3.88. The highest BCUT2D eigenvalue weighted by molar-refractivity contribution is 5.92. The first-order valence-electron chi connectivity index (χ1n) is 10.2. The number of benzene rings is 1. The van der Waals surface area contributed by atoms with Crippen LogP contribution in [0.2, 0.25) is 0 Å². The molecule has 0 unspecified atom stereocenters. The van der Waals surface area contributed by atoms with Crippen molar-refractivity contribution in [2.24, 2.45) is 5.92 Å². The van der Waals surface area contributed by atoms with Gasteiger partial charge in [0.1, 0.15) is 23.2 Å². The van der Waals surface area contributed by atoms with Crippen LogP contribution >= 0.6 is 0 Å². The zero-order chi connectivity index (χ0) is 22.5. The van der Waals surface area contributed by atoms with Gasteiger partial charge in [-0.05, 0) is 43.9 Å². The molecule has 0 radical (unpaired) electrons. The van der Waals surface area contributed by atoms with E-state index in [1.165, 1.54) is 25.3 Å². The van der Waals surface area contributed by atoms with Crippen LogP contribution in [0.4, 0.5) is 14.6 Å². The van der Waals surface area contributed by atoms with Crippen LogP contribution in [-0.2, 0) is 4.79 Å². The number of rotatable bonds is 7. The Bertz CT molecular complexity index is 981. The number of methoxy groups -OCH3 is 1. The molecule has 0 saturated heterocycles. The topological polar surface area (TPSA) is 83.5 Å². The first-order chi connectivity index (χ1) is 14.8. The standard InChI is InChI=1S/C23H27F2N3O3/c1-13-7-18(21(31-3)10-19(13)24)17-9-22(26-11-20(17)25)28-23(30)15-5-4-6-16(8-15)27-14(2)12-29/h7,9-11,15-16,27,29H,2,4-6,8,12H2,1,3H3,(H,26,28,30)/t15-,16+/m0/s1. The van der Waals surface area contributed by atoms with E-state index in [4.69, 9.17) is 9.84 Å². The number of nitrogens with one attached hydrogen (secondary N) is 2. The molecule has 1 saturated carbocycles. The van der Waals surface area contributed by atoms with E-state index in [1.807, 2.05) is 0 Å². The molecule has 31 heavy (non-hydrogen) atoms. The predicted molar refractivity (Wildman–Crippen MR) is 115 cm³/mol. The van der Waals surface area contributed by atoms with Crippen LogP contribution in [0.25, 0.3) is 11.1 Å². The number of aliphatic hydroxyl groups excluding tert-OH is 1. The Morgan fingerprint density at radius 1 is 1.26 bits per heavy atom. The van der Waals surface area contributed by atoms with Crippen molar-refractivity contribution in [1.82, 2.24) is 10.3 Å². The Hall–Kier alpha value is -3.00. The molecule has 1 fully saturated rings. The van der Waals surface area contributed by atoms with Crippen molar-refractivity contribution in [2.75, 3.05) is 19.0 Å². The summed E-state index contributed by atoms with van der Waals surface area (Å²) >= 11 is 0. The summed E-state index contributed by atoms with van der Waals surface area (Å²) < 4.78 is 33.6. The van der Waals surface area contributed by atoms with E-state index in [-0.39, 0.29) is 41.6 Å². The van der Waals surface area contributed by atoms with Crippen molar-refractivity contribution in [3.05, 3.63) is 53.9 Å². The van der Waals surface area contributed by atoms with Crippen molar-refractivity contribution in [3.8, 4) is 16.9 Å². The van der Waals surface area contributed by atoms with Crippen molar-refractivity contribution >= 4 is 11.7 Å². The molecule has 1 heterocycles. The van der Waals surface area contributed by atoms with Gasteiger partial charge in [-0.3, -0.25) is 4.79 Å². The minimum absolute atomic E-state index is 0.0624. The molecule has 8 heteroatoms. The molecule has 0 bridgehead atoms. The van der Waals surface area contributed by atoms with Crippen LogP contribution < -0.4 is 15.4 Å². The summed E-state index contributed by atoms with van der Waals surface area (Å²) in [5.41, 5.74) is 1.41. The van der Waals surface area contributed by atoms with Crippen LogP contribution in [0.3, 0.4) is 0 Å². The van der Waals surface area contributed by atoms with E-state index >= 15 is 0 Å². The smallest absolute Gasteiger partial charge is 0.228 e. The highest BCUT2D eigenvalue weighted by Crippen LogP contribution is 2.35. The van der Waals surface area contributed by atoms with Gasteiger partial charge in [-0.2, -0.15) is 0 Å². The molecule has 1 amide bonds. The minimum atomic E-state index is -0.605. The molecule has 3 rings (SSSR count). The van der Waals surface area contributed by atoms with Crippen molar-refractivity contribution in [2.45, 2.75) is 38.6 Å². The minimum Gasteiger partial charge on any atom is -0.496 e. The van der Waals surface area contributed by atoms with Gasteiger partial charge in [0.2, 0.25) is 5.91 Å². The number of nitrogens with zero attached hydrogens (tertiary/aromatic N) is 1. The summed E-state index contributed by atoms with van der Waals surface area (Å²) in [6.07, 6.45) is 4.12. The van der Waals surface area contributed by atoms with Crippen LogP contribution in [0.5, 0.6) is 5.75 Å². The number of anilines is 1. The first-order valence-corrected chi connectivity index (χ1v) is 10.2. The zero-order valence-electron chi connectivity index (χ0n) is 17.7. The van der Waals surface area contributed by atoms with Crippen molar-refractivity contribution < 1.29 is 23.4 Å². The van der Waals surface area contributed by atoms with Gasteiger partial charge in [-0.25, -0.2) is 13.8 Å². The number of carbonyl (C=O) groups excluding carboxylic acids is 1. The maximum atomic E-state index is 14.5. The summed E-state index contributed by atoms with van der Waals surface area (Å²) in [6.45, 7) is 5.17. The first kappa shape index (κ1) is 22.7. The van der Waals surface area contributed by atoms with Gasteiger partial charge in [0.05, 0.1) is 19.9 Å². The lowest BCUT2D eigenvalue weighted by Crippen LogP contribution is -2.38. The van der Waals surface area contributed by atoms with Crippen molar-refractivity contribution in [1.29, 1.82) is 0 Å². The third-order valence-electron chi connectivity index (χ3n) is 5.52. The zero-order valence-corrected chi connectivity index (χ0v) is 17.7. The number of hydrogen-bond donors (Lipinski definition) is 3. The quantitative estimate of drug-likeness (QED) is 0.619. The molecule has 166 valence electrons. The number of aryl methyl sites for hydroxylation is 1. The van der Waals surface area contributed by atoms with Gasteiger partial charge >= 0.3 is 0 Å². The molecule has 6 nitrogen and oxygen atoms in total. The average Bonchev–Trinajstić information content (AvgIpc) is 2.76. The summed E-state index contributed by atoms with van der Waals surface area (Å²) in [5, 5.41) is 15.1. The summed E-state index contributed by atoms with van der Waals surface area (Å²) in [7, 11) is 1.38. The van der Waals surface area contributed by atoms with Crippen molar-refractivity contribution in [3.63, 3.8) is 0 Å². The molecule has 1 aliphatic carbocycles. The molecule has 1 aromatic carbocycles.